The number of carboxylic acid groups (broad SMARTS) is 1. The number of carbonyl (C=O) groups is 2. The molecular weight excluding hydrogens is 464 g/mol. The van der Waals surface area contributed by atoms with Crippen LogP contribution < -0.4 is 5.32 Å². The molecule has 1 amide bonds. The number of rotatable bonds is 5. The van der Waals surface area contributed by atoms with E-state index in [-0.39, 0.29) is 18.3 Å². The van der Waals surface area contributed by atoms with Crippen molar-refractivity contribution < 1.29 is 45.9 Å². The number of aromatic amines is 1. The fourth-order valence-corrected chi connectivity index (χ4v) is 3.33. The highest BCUT2D eigenvalue weighted by molar-refractivity contribution is 6.39. The molecule has 1 aromatic heterocycles. The zero-order chi connectivity index (χ0) is 24.9. The highest BCUT2D eigenvalue weighted by Gasteiger charge is 2.44. The van der Waals surface area contributed by atoms with Gasteiger partial charge in [-0.25, -0.2) is 9.78 Å². The van der Waals surface area contributed by atoms with Gasteiger partial charge in [0, 0.05) is 19.5 Å². The van der Waals surface area contributed by atoms with Gasteiger partial charge in [-0.05, 0) is 25.8 Å². The van der Waals surface area contributed by atoms with Crippen molar-refractivity contribution in [2.24, 2.45) is 5.16 Å². The monoisotopic (exact) mass is 487 g/mol. The van der Waals surface area contributed by atoms with Gasteiger partial charge < -0.3 is 20.2 Å². The molecule has 0 bridgehead atoms. The van der Waals surface area contributed by atoms with Gasteiger partial charge in [0.25, 0.3) is 5.91 Å². The number of halogens is 6. The second-order valence-electron chi connectivity index (χ2n) is 7.60. The molecule has 1 saturated heterocycles. The Kier molecular flexibility index (Phi) is 8.32. The van der Waals surface area contributed by atoms with Gasteiger partial charge in [-0.1, -0.05) is 12.1 Å². The Bertz CT molecular complexity index is 869. The molecule has 3 rings (SSSR count). The van der Waals surface area contributed by atoms with Gasteiger partial charge >= 0.3 is 18.3 Å². The van der Waals surface area contributed by atoms with E-state index >= 15 is 0 Å². The Labute approximate surface area is 184 Å². The van der Waals surface area contributed by atoms with Crippen molar-refractivity contribution in [2.45, 2.75) is 57.1 Å². The molecule has 0 radical (unpaired) electrons. The number of nitrogens with one attached hydrogen (secondary N) is 2. The maximum absolute atomic E-state index is 12.7. The third kappa shape index (κ3) is 7.61. The van der Waals surface area contributed by atoms with E-state index in [4.69, 9.17) is 14.7 Å². The number of H-pyrrole nitrogens is 1. The van der Waals surface area contributed by atoms with Crippen LogP contribution in [0, 0.1) is 0 Å². The second-order valence-corrected chi connectivity index (χ2v) is 7.60. The summed E-state index contributed by atoms with van der Waals surface area (Å²) >= 11 is 0. The van der Waals surface area contributed by atoms with Crippen LogP contribution in [0.3, 0.4) is 0 Å². The number of amides is 1. The van der Waals surface area contributed by atoms with Crippen LogP contribution in [0.1, 0.15) is 44.1 Å². The maximum atomic E-state index is 12.7. The highest BCUT2D eigenvalue weighted by Crippen LogP contribution is 2.34. The van der Waals surface area contributed by atoms with E-state index in [0.29, 0.717) is 25.2 Å². The summed E-state index contributed by atoms with van der Waals surface area (Å²) in [6, 6.07) is 0. The fraction of sp³-hybridized carbons (Fsp3) is 0.667. The Balaban J connectivity index is 0.000000479. The largest absolute Gasteiger partial charge is 0.490 e. The summed E-state index contributed by atoms with van der Waals surface area (Å²) in [6.07, 6.45) is -5.90. The molecule has 1 fully saturated rings. The van der Waals surface area contributed by atoms with Crippen molar-refractivity contribution in [1.82, 2.24) is 20.2 Å². The first-order chi connectivity index (χ1) is 15.3. The van der Waals surface area contributed by atoms with Crippen LogP contribution in [0.2, 0.25) is 0 Å². The number of carbonyl (C=O) groups excluding carboxylic acids is 1. The number of aliphatic carboxylic acids is 1. The van der Waals surface area contributed by atoms with Crippen molar-refractivity contribution in [3.05, 3.63) is 17.7 Å². The highest BCUT2D eigenvalue weighted by atomic mass is 19.4. The van der Waals surface area contributed by atoms with E-state index < -0.39 is 29.6 Å². The molecule has 1 aromatic rings. The normalized spacial score (nSPS) is 21.1. The number of aromatic nitrogens is 2. The Morgan fingerprint density at radius 1 is 1.30 bits per heavy atom. The molecule has 0 saturated carbocycles. The van der Waals surface area contributed by atoms with Crippen LogP contribution in [0.4, 0.5) is 26.3 Å². The van der Waals surface area contributed by atoms with Gasteiger partial charge in [-0.2, -0.15) is 26.3 Å². The molecule has 33 heavy (non-hydrogen) atoms. The van der Waals surface area contributed by atoms with Gasteiger partial charge in [0.1, 0.15) is 17.2 Å². The van der Waals surface area contributed by atoms with E-state index in [2.05, 4.69) is 20.4 Å². The minimum absolute atomic E-state index is 0.221. The Morgan fingerprint density at radius 3 is 2.52 bits per heavy atom. The number of oxime groups is 1. The molecule has 1 spiro atoms. The maximum Gasteiger partial charge on any atom is 0.490 e. The van der Waals surface area contributed by atoms with Crippen LogP contribution in [0.25, 0.3) is 0 Å². The van der Waals surface area contributed by atoms with Crippen LogP contribution in [-0.2, 0) is 27.1 Å². The van der Waals surface area contributed by atoms with Gasteiger partial charge in [-0.15, -0.1) is 0 Å². The van der Waals surface area contributed by atoms with Gasteiger partial charge in [-0.3, -0.25) is 9.69 Å². The topological polar surface area (TPSA) is 120 Å². The Hall–Kier alpha value is -2.84. The first kappa shape index (κ1) is 26.4. The lowest BCUT2D eigenvalue weighted by Crippen LogP contribution is -2.48. The lowest BCUT2D eigenvalue weighted by molar-refractivity contribution is -0.192. The minimum atomic E-state index is -5.08. The average molecular weight is 487 g/mol. The number of imidazole rings is 1. The molecule has 3 N–H and O–H groups in total. The molecule has 2 aliphatic heterocycles. The van der Waals surface area contributed by atoms with Crippen molar-refractivity contribution in [2.75, 3.05) is 19.6 Å². The lowest BCUT2D eigenvalue weighted by atomic mass is 9.88. The summed E-state index contributed by atoms with van der Waals surface area (Å²) in [5, 5.41) is 13.9. The van der Waals surface area contributed by atoms with Gasteiger partial charge in [0.05, 0.1) is 12.7 Å². The fourth-order valence-electron chi connectivity index (χ4n) is 3.33. The summed E-state index contributed by atoms with van der Waals surface area (Å²) in [7, 11) is 0. The number of hydrogen-bond donors (Lipinski definition) is 3. The third-order valence-corrected chi connectivity index (χ3v) is 4.80. The van der Waals surface area contributed by atoms with Crippen LogP contribution >= 0.6 is 0 Å². The molecular formula is C18H23F6N5O4. The van der Waals surface area contributed by atoms with E-state index in [1.807, 2.05) is 11.8 Å². The van der Waals surface area contributed by atoms with Crippen LogP contribution in [0.5, 0.6) is 0 Å². The van der Waals surface area contributed by atoms with Crippen molar-refractivity contribution in [3.63, 3.8) is 0 Å². The molecule has 186 valence electrons. The van der Waals surface area contributed by atoms with Crippen molar-refractivity contribution in [3.8, 4) is 0 Å². The number of alkyl halides is 6. The second kappa shape index (κ2) is 10.4. The zero-order valence-corrected chi connectivity index (χ0v) is 17.5. The molecule has 9 nitrogen and oxygen atoms in total. The molecule has 0 aromatic carbocycles. The van der Waals surface area contributed by atoms with Crippen molar-refractivity contribution >= 4 is 17.6 Å². The van der Waals surface area contributed by atoms with Gasteiger partial charge in [0.15, 0.2) is 5.60 Å². The predicted octanol–water partition coefficient (Wildman–Crippen LogP) is 2.70. The summed E-state index contributed by atoms with van der Waals surface area (Å²) in [5.74, 6) is -2.72. The number of likely N-dealkylation sites (tertiary alicyclic amines) is 1. The average Bonchev–Trinajstić information content (AvgIpc) is 3.33. The van der Waals surface area contributed by atoms with E-state index in [9.17, 15) is 31.1 Å². The van der Waals surface area contributed by atoms with E-state index in [1.54, 1.807) is 0 Å². The SMILES string of the molecule is CCCNC(=O)C1=NOC2(CCCN(Cc3ncc(C(F)(F)F)[nH]3)C2)C1.O=C(O)C(F)(F)F. The summed E-state index contributed by atoms with van der Waals surface area (Å²) < 4.78 is 69.7. The number of piperidine rings is 1. The van der Waals surface area contributed by atoms with Crippen molar-refractivity contribution in [1.29, 1.82) is 0 Å². The standard InChI is InChI=1S/C16H22F3N5O2.C2HF3O2/c1-2-5-20-14(25)11-7-15(26-23-11)4-3-6-24(10-15)9-13-21-8-12(22-13)16(17,18)19;3-2(4,5)1(6)7/h8H,2-7,9-10H2,1H3,(H,20,25)(H,21,22);(H,6,7). The van der Waals surface area contributed by atoms with E-state index in [0.717, 1.165) is 32.0 Å². The summed E-state index contributed by atoms with van der Waals surface area (Å²) in [4.78, 5) is 34.6. The number of carboxylic acids is 1. The minimum Gasteiger partial charge on any atom is -0.475 e. The van der Waals surface area contributed by atoms with Gasteiger partial charge in [0.2, 0.25) is 0 Å². The van der Waals surface area contributed by atoms with E-state index in [1.165, 1.54) is 0 Å². The molecule has 15 heteroatoms. The number of hydrogen-bond acceptors (Lipinski definition) is 6. The first-order valence-corrected chi connectivity index (χ1v) is 9.92. The first-order valence-electron chi connectivity index (χ1n) is 9.92. The Morgan fingerprint density at radius 2 is 1.97 bits per heavy atom. The quantitative estimate of drug-likeness (QED) is 0.550. The molecule has 3 heterocycles. The lowest BCUT2D eigenvalue weighted by Gasteiger charge is -2.37. The predicted molar refractivity (Wildman–Crippen MR) is 101 cm³/mol. The third-order valence-electron chi connectivity index (χ3n) is 4.80. The molecule has 1 unspecified atom stereocenters. The van der Waals surface area contributed by atoms with Crippen LogP contribution in [0.15, 0.2) is 11.4 Å². The molecule has 2 aliphatic rings. The van der Waals surface area contributed by atoms with Crippen LogP contribution in [-0.4, -0.2) is 69.0 Å². The summed E-state index contributed by atoms with van der Waals surface area (Å²) in [6.45, 7) is 4.02. The number of nitrogens with zero attached hydrogens (tertiary/aromatic N) is 3. The molecule has 1 atom stereocenters. The smallest absolute Gasteiger partial charge is 0.475 e. The summed E-state index contributed by atoms with van der Waals surface area (Å²) in [5.41, 5.74) is -1.07. The molecule has 0 aliphatic carbocycles. The zero-order valence-electron chi connectivity index (χ0n) is 17.5.